The molecule has 0 radical (unpaired) electrons. The minimum absolute atomic E-state index is 0.834. The summed E-state index contributed by atoms with van der Waals surface area (Å²) in [6, 6.07) is 40.3. The highest BCUT2D eigenvalue weighted by Crippen LogP contribution is 2.65. The molecule has 0 saturated carbocycles. The number of para-hydroxylation sites is 2. The topological polar surface area (TPSA) is 28.7 Å². The molecule has 1 N–H and O–H groups in total. The normalized spacial score (nSPS) is 12.2. The lowest BCUT2D eigenvalue weighted by Gasteiger charge is -2.29. The molecule has 4 aromatic carbocycles. The zero-order chi connectivity index (χ0) is 21.1. The molecule has 0 atom stereocenters. The fourth-order valence-electron chi connectivity index (χ4n) is 4.19. The lowest BCUT2D eigenvalue weighted by Crippen LogP contribution is -2.32. The molecule has 0 aliphatic heterocycles. The van der Waals surface area contributed by atoms with Gasteiger partial charge in [-0.15, -0.1) is 0 Å². The molecule has 1 heterocycles. The summed E-state index contributed by atoms with van der Waals surface area (Å²) < 4.78 is 0. The third-order valence-electron chi connectivity index (χ3n) is 5.54. The summed E-state index contributed by atoms with van der Waals surface area (Å²) in [5.74, 6) is 0.834. The van der Waals surface area contributed by atoms with E-state index in [1.54, 1.807) is 0 Å². The van der Waals surface area contributed by atoms with Gasteiger partial charge in [0.05, 0.1) is 11.0 Å². The summed E-state index contributed by atoms with van der Waals surface area (Å²) in [6.45, 7) is 0. The van der Waals surface area contributed by atoms with Crippen molar-refractivity contribution >= 4 is 52.2 Å². The Morgan fingerprint density at radius 2 is 1.10 bits per heavy atom. The second kappa shape index (κ2) is 8.47. The number of nitrogens with one attached hydrogen (secondary N) is 1. The fraction of sp³-hybridized carbons (Fsp3) is 0. The molecule has 0 aliphatic carbocycles. The first-order chi connectivity index (χ1) is 15.3. The van der Waals surface area contributed by atoms with E-state index < -0.39 is 7.26 Å². The van der Waals surface area contributed by atoms with Crippen molar-refractivity contribution < 1.29 is 0 Å². The maximum atomic E-state index is 5.71. The monoisotopic (exact) mass is 436 g/mol. The first kappa shape index (κ1) is 19.7. The third kappa shape index (κ3) is 3.37. The highest BCUT2D eigenvalue weighted by Gasteiger charge is 2.50. The third-order valence-corrected chi connectivity index (χ3v) is 10.2. The Kier molecular flexibility index (Phi) is 5.38. The SMILES string of the molecule is [S-]C=C(c1nc2ccccc2[nH]1)[P+](c1ccccc1)(c1ccccc1)c1ccccc1. The van der Waals surface area contributed by atoms with E-state index >= 15 is 0 Å². The number of H-pyrrole nitrogens is 1. The summed E-state index contributed by atoms with van der Waals surface area (Å²) in [6.07, 6.45) is 0. The number of nitrogens with zero attached hydrogens (tertiary/aromatic N) is 1. The predicted molar refractivity (Wildman–Crippen MR) is 137 cm³/mol. The van der Waals surface area contributed by atoms with Crippen LogP contribution in [0, 0.1) is 0 Å². The van der Waals surface area contributed by atoms with Gasteiger partial charge in [-0.05, 0) is 48.5 Å². The Labute approximate surface area is 188 Å². The van der Waals surface area contributed by atoms with Crippen LogP contribution in [-0.2, 0) is 12.6 Å². The molecule has 150 valence electrons. The highest BCUT2D eigenvalue weighted by molar-refractivity contribution is 8.03. The molecular weight excluding hydrogens is 415 g/mol. The minimum Gasteiger partial charge on any atom is -0.783 e. The first-order valence-electron chi connectivity index (χ1n) is 10.2. The van der Waals surface area contributed by atoms with Crippen LogP contribution >= 0.6 is 7.26 Å². The zero-order valence-corrected chi connectivity index (χ0v) is 18.6. The minimum atomic E-state index is -2.28. The van der Waals surface area contributed by atoms with E-state index in [0.29, 0.717) is 0 Å². The van der Waals surface area contributed by atoms with Gasteiger partial charge in [-0.2, -0.15) is 5.41 Å². The van der Waals surface area contributed by atoms with Gasteiger partial charge < -0.3 is 17.6 Å². The van der Waals surface area contributed by atoms with Crippen molar-refractivity contribution in [2.24, 2.45) is 0 Å². The summed E-state index contributed by atoms with van der Waals surface area (Å²) in [5.41, 5.74) is 1.96. The lowest BCUT2D eigenvalue weighted by molar-refractivity contribution is 1.28. The van der Waals surface area contributed by atoms with Gasteiger partial charge >= 0.3 is 0 Å². The first-order valence-corrected chi connectivity index (χ1v) is 12.4. The summed E-state index contributed by atoms with van der Waals surface area (Å²) >= 11 is 5.71. The van der Waals surface area contributed by atoms with Gasteiger partial charge in [-0.3, -0.25) is 0 Å². The maximum absolute atomic E-state index is 5.71. The van der Waals surface area contributed by atoms with Gasteiger partial charge in [0.2, 0.25) is 0 Å². The van der Waals surface area contributed by atoms with Crippen molar-refractivity contribution in [3.8, 4) is 0 Å². The summed E-state index contributed by atoms with van der Waals surface area (Å²) in [7, 11) is -2.28. The molecule has 31 heavy (non-hydrogen) atoms. The number of rotatable bonds is 5. The van der Waals surface area contributed by atoms with Crippen molar-refractivity contribution in [2.45, 2.75) is 0 Å². The van der Waals surface area contributed by atoms with E-state index in [1.165, 1.54) is 15.9 Å². The molecule has 0 fully saturated rings. The molecule has 0 unspecified atom stereocenters. The quantitative estimate of drug-likeness (QED) is 0.295. The number of hydrogen-bond acceptors (Lipinski definition) is 2. The second-order valence-corrected chi connectivity index (χ2v) is 10.9. The Morgan fingerprint density at radius 1 is 0.645 bits per heavy atom. The Bertz CT molecular complexity index is 1200. The number of imidazole rings is 1. The Morgan fingerprint density at radius 3 is 1.55 bits per heavy atom. The van der Waals surface area contributed by atoms with Crippen molar-refractivity contribution in [1.82, 2.24) is 9.97 Å². The molecule has 1 aromatic heterocycles. The number of aromatic amines is 1. The van der Waals surface area contributed by atoms with Crippen LogP contribution in [0.15, 0.2) is 121 Å². The van der Waals surface area contributed by atoms with Crippen molar-refractivity contribution in [2.75, 3.05) is 0 Å². The Balaban J connectivity index is 1.89. The van der Waals surface area contributed by atoms with Crippen LogP contribution in [-0.4, -0.2) is 9.97 Å². The van der Waals surface area contributed by atoms with E-state index in [4.69, 9.17) is 17.6 Å². The van der Waals surface area contributed by atoms with Gasteiger partial charge in [-0.25, -0.2) is 4.98 Å². The van der Waals surface area contributed by atoms with Crippen LogP contribution in [0.3, 0.4) is 0 Å². The number of aromatic nitrogens is 2. The van der Waals surface area contributed by atoms with Gasteiger partial charge in [-0.1, -0.05) is 66.7 Å². The van der Waals surface area contributed by atoms with Gasteiger partial charge in [0.1, 0.15) is 28.5 Å². The standard InChI is InChI=1S/C27H21N2PS/c31-20-26(27-28-24-18-10-11-19-25(24)29-27)30(21-12-4-1-5-13-21,22-14-6-2-7-15-22)23-16-8-3-9-17-23/h1-20H,(H-,28,29,31). The van der Waals surface area contributed by atoms with E-state index in [-0.39, 0.29) is 0 Å². The molecule has 0 spiro atoms. The molecule has 0 bridgehead atoms. The van der Waals surface area contributed by atoms with Crippen LogP contribution in [0.4, 0.5) is 0 Å². The number of fused-ring (bicyclic) bond motifs is 1. The van der Waals surface area contributed by atoms with Gasteiger partial charge in [0, 0.05) is 0 Å². The van der Waals surface area contributed by atoms with Crippen LogP contribution < -0.4 is 15.9 Å². The molecule has 5 rings (SSSR count). The second-order valence-electron chi connectivity index (χ2n) is 7.28. The smallest absolute Gasteiger partial charge is 0.173 e. The summed E-state index contributed by atoms with van der Waals surface area (Å²) in [4.78, 5) is 8.51. The molecule has 4 heteroatoms. The average molecular weight is 437 g/mol. The lowest BCUT2D eigenvalue weighted by atomic mass is 10.3. The fourth-order valence-corrected chi connectivity index (χ4v) is 8.94. The molecule has 5 aromatic rings. The summed E-state index contributed by atoms with van der Waals surface area (Å²) in [5, 5.41) is 6.65. The molecular formula is C27H21N2PS. The predicted octanol–water partition coefficient (Wildman–Crippen LogP) is 5.40. The molecule has 0 amide bonds. The van der Waals surface area contributed by atoms with E-state index in [9.17, 15) is 0 Å². The maximum Gasteiger partial charge on any atom is 0.173 e. The van der Waals surface area contributed by atoms with Crippen LogP contribution in [0.1, 0.15) is 5.82 Å². The van der Waals surface area contributed by atoms with Crippen LogP contribution in [0.2, 0.25) is 0 Å². The highest BCUT2D eigenvalue weighted by atomic mass is 32.1. The van der Waals surface area contributed by atoms with Crippen molar-refractivity contribution in [3.63, 3.8) is 0 Å². The average Bonchev–Trinajstić information content (AvgIpc) is 3.28. The van der Waals surface area contributed by atoms with Gasteiger partial charge in [0.15, 0.2) is 5.82 Å². The van der Waals surface area contributed by atoms with E-state index in [2.05, 4.69) is 102 Å². The van der Waals surface area contributed by atoms with Crippen molar-refractivity contribution in [3.05, 3.63) is 126 Å². The largest absolute Gasteiger partial charge is 0.783 e. The molecule has 0 saturated heterocycles. The van der Waals surface area contributed by atoms with E-state index in [0.717, 1.165) is 22.2 Å². The number of benzene rings is 4. The van der Waals surface area contributed by atoms with Crippen LogP contribution in [0.5, 0.6) is 0 Å². The van der Waals surface area contributed by atoms with Gasteiger partial charge in [0.25, 0.3) is 0 Å². The Hall–Kier alpha value is -3.26. The molecule has 2 nitrogen and oxygen atoms in total. The van der Waals surface area contributed by atoms with Crippen LogP contribution in [0.25, 0.3) is 16.3 Å². The van der Waals surface area contributed by atoms with Crippen molar-refractivity contribution in [1.29, 1.82) is 0 Å². The molecule has 0 aliphatic rings. The number of hydrogen-bond donors (Lipinski definition) is 1. The zero-order valence-electron chi connectivity index (χ0n) is 16.8. The van der Waals surface area contributed by atoms with E-state index in [1.807, 2.05) is 23.6 Å².